The SMILES string of the molecule is CC(=O)c1cc(C(=O)Nc2cc(C(=O)N3CCCC(O)C3)cc(C(F)(F)F)c2)cs1. The van der Waals surface area contributed by atoms with Crippen molar-refractivity contribution in [3.05, 3.63) is 51.2 Å². The summed E-state index contributed by atoms with van der Waals surface area (Å²) >= 11 is 1.06. The molecule has 1 aromatic heterocycles. The number of hydrogen-bond acceptors (Lipinski definition) is 5. The molecule has 30 heavy (non-hydrogen) atoms. The lowest BCUT2D eigenvalue weighted by Crippen LogP contribution is -2.42. The van der Waals surface area contributed by atoms with Crippen LogP contribution in [0, 0.1) is 0 Å². The molecule has 160 valence electrons. The van der Waals surface area contributed by atoms with Crippen LogP contribution in [0.5, 0.6) is 0 Å². The number of aliphatic hydroxyl groups is 1. The molecule has 2 amide bonds. The summed E-state index contributed by atoms with van der Waals surface area (Å²) in [5, 5.41) is 13.5. The van der Waals surface area contributed by atoms with Crippen molar-refractivity contribution < 1.29 is 32.7 Å². The van der Waals surface area contributed by atoms with Crippen LogP contribution in [-0.2, 0) is 6.18 Å². The van der Waals surface area contributed by atoms with Crippen molar-refractivity contribution in [3.8, 4) is 0 Å². The zero-order chi connectivity index (χ0) is 22.1. The van der Waals surface area contributed by atoms with Gasteiger partial charge >= 0.3 is 6.18 Å². The fourth-order valence-electron chi connectivity index (χ4n) is 3.15. The lowest BCUT2D eigenvalue weighted by molar-refractivity contribution is -0.137. The number of ketones is 1. The van der Waals surface area contributed by atoms with E-state index in [9.17, 15) is 32.7 Å². The lowest BCUT2D eigenvalue weighted by Gasteiger charge is -2.30. The molecule has 1 aliphatic heterocycles. The number of alkyl halides is 3. The molecule has 1 unspecified atom stereocenters. The number of hydrogen-bond donors (Lipinski definition) is 2. The van der Waals surface area contributed by atoms with E-state index >= 15 is 0 Å². The maximum absolute atomic E-state index is 13.4. The summed E-state index contributed by atoms with van der Waals surface area (Å²) in [7, 11) is 0. The van der Waals surface area contributed by atoms with E-state index in [0.717, 1.165) is 23.5 Å². The van der Waals surface area contributed by atoms with Crippen LogP contribution >= 0.6 is 11.3 Å². The largest absolute Gasteiger partial charge is 0.416 e. The van der Waals surface area contributed by atoms with Gasteiger partial charge in [0.15, 0.2) is 5.78 Å². The average Bonchev–Trinajstić information content (AvgIpc) is 3.17. The van der Waals surface area contributed by atoms with Gasteiger partial charge in [0.2, 0.25) is 0 Å². The van der Waals surface area contributed by atoms with Crippen LogP contribution in [0.1, 0.15) is 55.7 Å². The van der Waals surface area contributed by atoms with E-state index < -0.39 is 29.7 Å². The Balaban J connectivity index is 1.89. The molecular formula is C20H19F3N2O4S. The molecule has 0 saturated carbocycles. The predicted molar refractivity (Wildman–Crippen MR) is 105 cm³/mol. The Bertz CT molecular complexity index is 987. The standard InChI is InChI=1S/C20H19F3N2O4S/c1-11(26)17-7-13(10-30-17)18(28)24-15-6-12(5-14(8-15)20(21,22)23)19(29)25-4-2-3-16(27)9-25/h5-8,10,16,27H,2-4,9H2,1H3,(H,24,28). The van der Waals surface area contributed by atoms with Crippen molar-refractivity contribution in [1.29, 1.82) is 0 Å². The number of anilines is 1. The first-order chi connectivity index (χ1) is 14.0. The zero-order valence-electron chi connectivity index (χ0n) is 16.0. The molecule has 2 N–H and O–H groups in total. The van der Waals surface area contributed by atoms with Gasteiger partial charge in [0.05, 0.1) is 22.1 Å². The second-order valence-corrected chi connectivity index (χ2v) is 7.97. The van der Waals surface area contributed by atoms with Gasteiger partial charge in [0, 0.05) is 29.7 Å². The van der Waals surface area contributed by atoms with E-state index in [-0.39, 0.29) is 29.1 Å². The maximum Gasteiger partial charge on any atom is 0.416 e. The van der Waals surface area contributed by atoms with Gasteiger partial charge < -0.3 is 15.3 Å². The molecule has 3 rings (SSSR count). The fraction of sp³-hybridized carbons (Fsp3) is 0.350. The Morgan fingerprint density at radius 2 is 1.90 bits per heavy atom. The van der Waals surface area contributed by atoms with Gasteiger partial charge in [-0.2, -0.15) is 13.2 Å². The Morgan fingerprint density at radius 3 is 2.50 bits per heavy atom. The van der Waals surface area contributed by atoms with Crippen LogP contribution in [-0.4, -0.2) is 46.8 Å². The molecule has 0 spiro atoms. The third kappa shape index (κ3) is 5.06. The molecule has 1 aliphatic rings. The first-order valence-corrected chi connectivity index (χ1v) is 10.0. The van der Waals surface area contributed by atoms with Gasteiger partial charge in [-0.3, -0.25) is 14.4 Å². The molecule has 0 radical (unpaired) electrons. The molecule has 1 atom stereocenters. The van der Waals surface area contributed by atoms with E-state index in [4.69, 9.17) is 0 Å². The van der Waals surface area contributed by atoms with Crippen LogP contribution in [0.15, 0.2) is 29.6 Å². The van der Waals surface area contributed by atoms with Crippen LogP contribution in [0.2, 0.25) is 0 Å². The zero-order valence-corrected chi connectivity index (χ0v) is 16.8. The van der Waals surface area contributed by atoms with E-state index in [1.54, 1.807) is 0 Å². The predicted octanol–water partition coefficient (Wildman–Crippen LogP) is 3.82. The summed E-state index contributed by atoms with van der Waals surface area (Å²) in [6.07, 6.45) is -4.37. The number of Topliss-reactive ketones (excluding diaryl/α,β-unsaturated/α-hetero) is 1. The number of likely N-dealkylation sites (tertiary alicyclic amines) is 1. The van der Waals surface area contributed by atoms with E-state index in [1.807, 2.05) is 0 Å². The van der Waals surface area contributed by atoms with Crippen LogP contribution in [0.3, 0.4) is 0 Å². The van der Waals surface area contributed by atoms with Crippen LogP contribution < -0.4 is 5.32 Å². The summed E-state index contributed by atoms with van der Waals surface area (Å²) < 4.78 is 40.1. The number of carbonyl (C=O) groups excluding carboxylic acids is 3. The lowest BCUT2D eigenvalue weighted by atomic mass is 10.0. The van der Waals surface area contributed by atoms with Gasteiger partial charge in [-0.15, -0.1) is 11.3 Å². The molecular weight excluding hydrogens is 421 g/mol. The van der Waals surface area contributed by atoms with Crippen molar-refractivity contribution >= 4 is 34.6 Å². The fourth-order valence-corrected chi connectivity index (χ4v) is 3.94. The molecule has 6 nitrogen and oxygen atoms in total. The van der Waals surface area contributed by atoms with Crippen molar-refractivity contribution in [1.82, 2.24) is 4.90 Å². The molecule has 10 heteroatoms. The van der Waals surface area contributed by atoms with Crippen molar-refractivity contribution in [3.63, 3.8) is 0 Å². The minimum Gasteiger partial charge on any atom is -0.391 e. The molecule has 2 heterocycles. The Morgan fingerprint density at radius 1 is 1.17 bits per heavy atom. The highest BCUT2D eigenvalue weighted by atomic mass is 32.1. The van der Waals surface area contributed by atoms with Crippen LogP contribution in [0.4, 0.5) is 18.9 Å². The highest BCUT2D eigenvalue weighted by Gasteiger charge is 2.33. The Kier molecular flexibility index (Phi) is 6.27. The Labute approximate surface area is 174 Å². The number of nitrogens with one attached hydrogen (secondary N) is 1. The van der Waals surface area contributed by atoms with Gasteiger partial charge in [-0.1, -0.05) is 0 Å². The number of thiophene rings is 1. The highest BCUT2D eigenvalue weighted by molar-refractivity contribution is 7.12. The molecule has 1 aromatic carbocycles. The number of amides is 2. The van der Waals surface area contributed by atoms with E-state index in [0.29, 0.717) is 24.3 Å². The Hall–Kier alpha value is -2.72. The molecule has 1 fully saturated rings. The third-order valence-electron chi connectivity index (χ3n) is 4.66. The normalized spacial score (nSPS) is 17.0. The number of nitrogens with zero attached hydrogens (tertiary/aromatic N) is 1. The van der Waals surface area contributed by atoms with E-state index in [1.165, 1.54) is 29.3 Å². The second kappa shape index (κ2) is 8.57. The number of β-amino-alcohol motifs (C(OH)–C–C–N with tert-alkyl or cyclic N) is 1. The number of piperidine rings is 1. The van der Waals surface area contributed by atoms with Gasteiger partial charge in [-0.25, -0.2) is 0 Å². The van der Waals surface area contributed by atoms with Crippen molar-refractivity contribution in [2.45, 2.75) is 32.0 Å². The van der Waals surface area contributed by atoms with Gasteiger partial charge in [0.25, 0.3) is 11.8 Å². The minimum atomic E-state index is -4.72. The van der Waals surface area contributed by atoms with Gasteiger partial charge in [-0.05, 0) is 44.0 Å². The van der Waals surface area contributed by atoms with Crippen LogP contribution in [0.25, 0.3) is 0 Å². The van der Waals surface area contributed by atoms with Crippen molar-refractivity contribution in [2.75, 3.05) is 18.4 Å². The second-order valence-electron chi connectivity index (χ2n) is 7.05. The molecule has 2 aromatic rings. The summed E-state index contributed by atoms with van der Waals surface area (Å²) in [6.45, 7) is 1.71. The van der Waals surface area contributed by atoms with Gasteiger partial charge in [0.1, 0.15) is 0 Å². The highest BCUT2D eigenvalue weighted by Crippen LogP contribution is 2.33. The monoisotopic (exact) mass is 440 g/mol. The minimum absolute atomic E-state index is 0.0412. The van der Waals surface area contributed by atoms with E-state index in [2.05, 4.69) is 5.32 Å². The molecule has 0 aliphatic carbocycles. The van der Waals surface area contributed by atoms with Crippen molar-refractivity contribution in [2.24, 2.45) is 0 Å². The summed E-state index contributed by atoms with van der Waals surface area (Å²) in [5.41, 5.74) is -1.36. The third-order valence-corrected chi connectivity index (χ3v) is 5.69. The summed E-state index contributed by atoms with van der Waals surface area (Å²) in [5.74, 6) is -1.57. The average molecular weight is 440 g/mol. The summed E-state index contributed by atoms with van der Waals surface area (Å²) in [6, 6.07) is 4.02. The number of rotatable bonds is 4. The number of benzene rings is 1. The smallest absolute Gasteiger partial charge is 0.391 e. The molecule has 1 saturated heterocycles. The first-order valence-electron chi connectivity index (χ1n) is 9.15. The number of halogens is 3. The number of aliphatic hydroxyl groups excluding tert-OH is 1. The maximum atomic E-state index is 13.4. The first kappa shape index (κ1) is 22.0. The molecule has 0 bridgehead atoms. The topological polar surface area (TPSA) is 86.7 Å². The summed E-state index contributed by atoms with van der Waals surface area (Å²) in [4.78, 5) is 38.2. The quantitative estimate of drug-likeness (QED) is 0.708. The number of carbonyl (C=O) groups is 3.